The van der Waals surface area contributed by atoms with Crippen molar-refractivity contribution in [3.8, 4) is 11.6 Å². The molecule has 1 saturated heterocycles. The predicted molar refractivity (Wildman–Crippen MR) is 102 cm³/mol. The summed E-state index contributed by atoms with van der Waals surface area (Å²) in [6.45, 7) is 0.441. The lowest BCUT2D eigenvalue weighted by Crippen LogP contribution is -2.31. The number of rotatable bonds is 5. The average Bonchev–Trinajstić information content (AvgIpc) is 3.17. The molecule has 1 atom stereocenters. The van der Waals surface area contributed by atoms with Gasteiger partial charge in [-0.3, -0.25) is 0 Å². The smallest absolute Gasteiger partial charge is 0.246 e. The molecule has 0 spiro atoms. The molecule has 1 aliphatic heterocycles. The highest BCUT2D eigenvalue weighted by atomic mass is 32.2. The Balaban J connectivity index is 1.52. The minimum Gasteiger partial charge on any atom is -0.495 e. The second-order valence-electron chi connectivity index (χ2n) is 6.53. The lowest BCUT2D eigenvalue weighted by molar-refractivity contribution is 0.207. The predicted octanol–water partition coefficient (Wildman–Crippen LogP) is 3.22. The highest BCUT2D eigenvalue weighted by Gasteiger charge is 2.35. The molecule has 0 aliphatic carbocycles. The van der Waals surface area contributed by atoms with Crippen LogP contribution in [0.2, 0.25) is 0 Å². The Hall–Kier alpha value is -2.71. The highest BCUT2D eigenvalue weighted by molar-refractivity contribution is 7.89. The Labute approximate surface area is 162 Å². The quantitative estimate of drug-likeness (QED) is 0.655. The first-order chi connectivity index (χ1) is 13.5. The van der Waals surface area contributed by atoms with Gasteiger partial charge >= 0.3 is 0 Å². The number of hydrogen-bond acceptors (Lipinski definition) is 5. The van der Waals surface area contributed by atoms with Crippen LogP contribution < -0.4 is 9.47 Å². The summed E-state index contributed by atoms with van der Waals surface area (Å²) in [5.74, 6) is -0.0695. The summed E-state index contributed by atoms with van der Waals surface area (Å²) < 4.78 is 51.8. The van der Waals surface area contributed by atoms with E-state index in [2.05, 4.69) is 4.98 Å². The maximum atomic E-state index is 13.6. The molecule has 1 aliphatic rings. The van der Waals surface area contributed by atoms with Crippen molar-refractivity contribution in [1.82, 2.24) is 9.29 Å². The van der Waals surface area contributed by atoms with Gasteiger partial charge in [0.1, 0.15) is 22.6 Å². The third-order valence-electron chi connectivity index (χ3n) is 4.71. The number of ether oxygens (including phenoxy) is 2. The van der Waals surface area contributed by atoms with Gasteiger partial charge in [-0.15, -0.1) is 0 Å². The van der Waals surface area contributed by atoms with Gasteiger partial charge in [0.15, 0.2) is 0 Å². The second kappa shape index (κ2) is 7.37. The maximum Gasteiger partial charge on any atom is 0.246 e. The average molecular weight is 402 g/mol. The summed E-state index contributed by atoms with van der Waals surface area (Å²) in [5, 5.41) is 1.00. The van der Waals surface area contributed by atoms with Crippen LogP contribution in [0.3, 0.4) is 0 Å². The Kier molecular flexibility index (Phi) is 4.91. The number of hydrogen-bond donors (Lipinski definition) is 0. The van der Waals surface area contributed by atoms with Crippen molar-refractivity contribution in [3.05, 3.63) is 60.4 Å². The molecule has 1 aromatic heterocycles. The number of para-hydroxylation sites is 1. The molecule has 0 bridgehead atoms. The number of methoxy groups -OCH3 is 1. The molecule has 0 unspecified atom stereocenters. The molecule has 28 heavy (non-hydrogen) atoms. The van der Waals surface area contributed by atoms with Crippen molar-refractivity contribution in [1.29, 1.82) is 0 Å². The Morgan fingerprint density at radius 3 is 2.79 bits per heavy atom. The topological polar surface area (TPSA) is 68.7 Å². The van der Waals surface area contributed by atoms with E-state index in [-0.39, 0.29) is 29.8 Å². The fourth-order valence-electron chi connectivity index (χ4n) is 3.29. The maximum absolute atomic E-state index is 13.6. The van der Waals surface area contributed by atoms with E-state index in [0.29, 0.717) is 12.3 Å². The van der Waals surface area contributed by atoms with Crippen molar-refractivity contribution in [2.24, 2.45) is 0 Å². The van der Waals surface area contributed by atoms with Gasteiger partial charge in [0.05, 0.1) is 19.2 Å². The zero-order valence-corrected chi connectivity index (χ0v) is 16.0. The third kappa shape index (κ3) is 3.53. The van der Waals surface area contributed by atoms with Crippen LogP contribution in [0, 0.1) is 5.82 Å². The fourth-order valence-corrected chi connectivity index (χ4v) is 4.94. The molecule has 1 fully saturated rings. The standard InChI is InChI=1S/C20H19FN2O4S/c1-26-18-8-7-15(21)12-19(18)28(24,25)23-11-10-16(13-23)27-20-9-6-14-4-2-3-5-17(14)22-20/h2-9,12,16H,10-11,13H2,1H3/t16-/m1/s1. The third-order valence-corrected chi connectivity index (χ3v) is 6.60. The van der Waals surface area contributed by atoms with Crippen LogP contribution in [-0.4, -0.2) is 44.0 Å². The number of pyridine rings is 1. The Morgan fingerprint density at radius 1 is 1.14 bits per heavy atom. The second-order valence-corrected chi connectivity index (χ2v) is 8.44. The first-order valence-electron chi connectivity index (χ1n) is 8.83. The number of aromatic nitrogens is 1. The van der Waals surface area contributed by atoms with E-state index >= 15 is 0 Å². The van der Waals surface area contributed by atoms with Gasteiger partial charge in [-0.2, -0.15) is 4.31 Å². The van der Waals surface area contributed by atoms with Gasteiger partial charge in [0, 0.05) is 18.0 Å². The van der Waals surface area contributed by atoms with Gasteiger partial charge in [-0.1, -0.05) is 18.2 Å². The summed E-state index contributed by atoms with van der Waals surface area (Å²) in [4.78, 5) is 4.28. The van der Waals surface area contributed by atoms with Gasteiger partial charge in [-0.25, -0.2) is 17.8 Å². The largest absolute Gasteiger partial charge is 0.495 e. The molecule has 2 aromatic carbocycles. The van der Waals surface area contributed by atoms with Crippen LogP contribution in [-0.2, 0) is 10.0 Å². The zero-order chi connectivity index (χ0) is 19.7. The summed E-state index contributed by atoms with van der Waals surface area (Å²) in [7, 11) is -2.54. The molecule has 0 N–H and O–H groups in total. The van der Waals surface area contributed by atoms with Crippen LogP contribution in [0.15, 0.2) is 59.5 Å². The minimum atomic E-state index is -3.90. The molecule has 8 heteroatoms. The molecule has 6 nitrogen and oxygen atoms in total. The van der Waals surface area contributed by atoms with E-state index < -0.39 is 15.8 Å². The summed E-state index contributed by atoms with van der Waals surface area (Å²) >= 11 is 0. The monoisotopic (exact) mass is 402 g/mol. The number of benzene rings is 2. The van der Waals surface area contributed by atoms with E-state index in [1.807, 2.05) is 30.3 Å². The zero-order valence-electron chi connectivity index (χ0n) is 15.2. The molecule has 0 amide bonds. The normalized spacial score (nSPS) is 17.7. The number of sulfonamides is 1. The molecule has 146 valence electrons. The Bertz CT molecular complexity index is 1120. The lowest BCUT2D eigenvalue weighted by Gasteiger charge is -2.18. The molecular formula is C20H19FN2O4S. The molecule has 3 aromatic rings. The van der Waals surface area contributed by atoms with E-state index in [1.54, 1.807) is 6.07 Å². The summed E-state index contributed by atoms with van der Waals surface area (Å²) in [5.41, 5.74) is 0.812. The lowest BCUT2D eigenvalue weighted by atomic mass is 10.2. The van der Waals surface area contributed by atoms with E-state index in [9.17, 15) is 12.8 Å². The van der Waals surface area contributed by atoms with Crippen LogP contribution in [0.25, 0.3) is 10.9 Å². The summed E-state index contributed by atoms with van der Waals surface area (Å²) in [6.07, 6.45) is 0.189. The van der Waals surface area contributed by atoms with Gasteiger partial charge < -0.3 is 9.47 Å². The van der Waals surface area contributed by atoms with E-state index in [0.717, 1.165) is 17.0 Å². The SMILES string of the molecule is COc1ccc(F)cc1S(=O)(=O)N1CC[C@@H](Oc2ccc3ccccc3n2)C1. The number of nitrogens with zero attached hydrogens (tertiary/aromatic N) is 2. The molecular weight excluding hydrogens is 383 g/mol. The van der Waals surface area contributed by atoms with Crippen LogP contribution in [0.1, 0.15) is 6.42 Å². The van der Waals surface area contributed by atoms with E-state index in [1.165, 1.54) is 23.5 Å². The van der Waals surface area contributed by atoms with Crippen molar-refractivity contribution in [2.75, 3.05) is 20.2 Å². The van der Waals surface area contributed by atoms with Crippen molar-refractivity contribution in [3.63, 3.8) is 0 Å². The van der Waals surface area contributed by atoms with Crippen LogP contribution in [0.5, 0.6) is 11.6 Å². The number of fused-ring (bicyclic) bond motifs is 1. The van der Waals surface area contributed by atoms with Gasteiger partial charge in [0.25, 0.3) is 0 Å². The Morgan fingerprint density at radius 2 is 1.96 bits per heavy atom. The van der Waals surface area contributed by atoms with Gasteiger partial charge in [0.2, 0.25) is 15.9 Å². The summed E-state index contributed by atoms with van der Waals surface area (Å²) in [6, 6.07) is 14.8. The van der Waals surface area contributed by atoms with Crippen LogP contribution >= 0.6 is 0 Å². The molecule has 0 saturated carbocycles. The van der Waals surface area contributed by atoms with Crippen molar-refractivity contribution >= 4 is 20.9 Å². The molecule has 4 rings (SSSR count). The highest BCUT2D eigenvalue weighted by Crippen LogP contribution is 2.30. The first-order valence-corrected chi connectivity index (χ1v) is 10.3. The minimum absolute atomic E-state index is 0.113. The molecule has 2 heterocycles. The van der Waals surface area contributed by atoms with Crippen molar-refractivity contribution < 1.29 is 22.3 Å². The van der Waals surface area contributed by atoms with Gasteiger partial charge in [-0.05, 0) is 36.8 Å². The first kappa shape index (κ1) is 18.6. The molecule has 0 radical (unpaired) electrons. The van der Waals surface area contributed by atoms with E-state index in [4.69, 9.17) is 9.47 Å². The van der Waals surface area contributed by atoms with Crippen LogP contribution in [0.4, 0.5) is 4.39 Å². The fraction of sp³-hybridized carbons (Fsp3) is 0.250. The van der Waals surface area contributed by atoms with Crippen molar-refractivity contribution in [2.45, 2.75) is 17.4 Å². The number of halogens is 1.